The Morgan fingerprint density at radius 3 is 2.89 bits per heavy atom. The Morgan fingerprint density at radius 1 is 1.26 bits per heavy atom. The zero-order valence-electron chi connectivity index (χ0n) is 14.6. The van der Waals surface area contributed by atoms with Crippen molar-refractivity contribution in [3.63, 3.8) is 0 Å². The van der Waals surface area contributed by atoms with Gasteiger partial charge >= 0.3 is 5.97 Å². The van der Waals surface area contributed by atoms with Gasteiger partial charge in [0.2, 0.25) is 0 Å². The fraction of sp³-hybridized carbons (Fsp3) is 0.300. The average Bonchev–Trinajstić information content (AvgIpc) is 3.47. The molecule has 0 amide bonds. The molecule has 3 aromatic rings. The van der Waals surface area contributed by atoms with E-state index >= 15 is 0 Å². The van der Waals surface area contributed by atoms with E-state index in [1.54, 1.807) is 41.7 Å². The molecule has 2 aromatic heterocycles. The molecule has 0 aliphatic carbocycles. The van der Waals surface area contributed by atoms with Gasteiger partial charge in [-0.15, -0.1) is 11.3 Å². The molecule has 27 heavy (non-hydrogen) atoms. The van der Waals surface area contributed by atoms with E-state index in [0.717, 1.165) is 24.3 Å². The largest absolute Gasteiger partial charge is 0.491 e. The summed E-state index contributed by atoms with van der Waals surface area (Å²) in [5.74, 6) is 0.962. The normalized spacial score (nSPS) is 16.4. The Bertz CT molecular complexity index is 866. The number of ether oxygens (including phenoxy) is 3. The van der Waals surface area contributed by atoms with Gasteiger partial charge in [0.15, 0.2) is 5.76 Å². The van der Waals surface area contributed by atoms with Gasteiger partial charge in [0.1, 0.15) is 24.7 Å². The monoisotopic (exact) mass is 385 g/mol. The van der Waals surface area contributed by atoms with Gasteiger partial charge in [-0.05, 0) is 48.6 Å². The standard InChI is InChI=1S/C20H19NO5S/c22-20(25-12-15-11-18(26-21-15)19-4-2-10-27-19)14-5-7-16(8-6-14)24-13-17-3-1-9-23-17/h2,4-8,10-11,17H,1,3,9,12-13H2/t17-/m1/s1. The van der Waals surface area contributed by atoms with Gasteiger partial charge in [-0.25, -0.2) is 4.79 Å². The fourth-order valence-electron chi connectivity index (χ4n) is 2.79. The Kier molecular flexibility index (Phi) is 5.50. The highest BCUT2D eigenvalue weighted by atomic mass is 32.1. The van der Waals surface area contributed by atoms with Crippen LogP contribution in [0.3, 0.4) is 0 Å². The molecule has 3 heterocycles. The molecule has 0 radical (unpaired) electrons. The highest BCUT2D eigenvalue weighted by Crippen LogP contribution is 2.25. The topological polar surface area (TPSA) is 70.8 Å². The molecule has 0 spiro atoms. The number of benzene rings is 1. The van der Waals surface area contributed by atoms with Gasteiger partial charge in [0, 0.05) is 12.7 Å². The van der Waals surface area contributed by atoms with Crippen molar-refractivity contribution in [2.24, 2.45) is 0 Å². The summed E-state index contributed by atoms with van der Waals surface area (Å²) in [7, 11) is 0. The predicted molar refractivity (Wildman–Crippen MR) is 99.8 cm³/mol. The lowest BCUT2D eigenvalue weighted by atomic mass is 10.2. The Balaban J connectivity index is 1.28. The molecule has 1 atom stereocenters. The van der Waals surface area contributed by atoms with E-state index in [2.05, 4.69) is 5.16 Å². The third-order valence-electron chi connectivity index (χ3n) is 4.22. The van der Waals surface area contributed by atoms with Crippen molar-refractivity contribution in [3.05, 3.63) is 59.1 Å². The van der Waals surface area contributed by atoms with Crippen molar-refractivity contribution in [1.29, 1.82) is 0 Å². The predicted octanol–water partition coefficient (Wildman–Crippen LogP) is 4.32. The fourth-order valence-corrected chi connectivity index (χ4v) is 3.46. The summed E-state index contributed by atoms with van der Waals surface area (Å²) in [5, 5.41) is 5.90. The Hall–Kier alpha value is -2.64. The molecule has 1 aromatic carbocycles. The van der Waals surface area contributed by atoms with Gasteiger partial charge in [-0.3, -0.25) is 0 Å². The zero-order valence-corrected chi connectivity index (χ0v) is 15.4. The maximum absolute atomic E-state index is 12.2. The minimum Gasteiger partial charge on any atom is -0.491 e. The minimum absolute atomic E-state index is 0.0605. The number of carbonyl (C=O) groups excluding carboxylic acids is 1. The Labute approximate surface area is 160 Å². The quantitative estimate of drug-likeness (QED) is 0.564. The summed E-state index contributed by atoms with van der Waals surface area (Å²) in [4.78, 5) is 13.2. The van der Waals surface area contributed by atoms with E-state index in [1.165, 1.54) is 0 Å². The molecule has 140 valence electrons. The molecule has 1 fully saturated rings. The van der Waals surface area contributed by atoms with Crippen LogP contribution in [0.15, 0.2) is 52.4 Å². The second kappa shape index (κ2) is 8.37. The van der Waals surface area contributed by atoms with Crippen LogP contribution < -0.4 is 4.74 Å². The number of carbonyl (C=O) groups is 1. The second-order valence-electron chi connectivity index (χ2n) is 6.21. The van der Waals surface area contributed by atoms with Crippen LogP contribution >= 0.6 is 11.3 Å². The van der Waals surface area contributed by atoms with Crippen LogP contribution in [-0.4, -0.2) is 30.4 Å². The molecule has 1 aliphatic rings. The first kappa shape index (κ1) is 17.8. The van der Waals surface area contributed by atoms with Crippen molar-refractivity contribution >= 4 is 17.3 Å². The van der Waals surface area contributed by atoms with Crippen molar-refractivity contribution < 1.29 is 23.5 Å². The highest BCUT2D eigenvalue weighted by Gasteiger charge is 2.16. The van der Waals surface area contributed by atoms with E-state index in [4.69, 9.17) is 18.7 Å². The van der Waals surface area contributed by atoms with Crippen LogP contribution in [0.4, 0.5) is 0 Å². The van der Waals surface area contributed by atoms with Crippen molar-refractivity contribution in [2.45, 2.75) is 25.6 Å². The number of nitrogens with zero attached hydrogens (tertiary/aromatic N) is 1. The van der Waals surface area contributed by atoms with Crippen LogP contribution in [0.2, 0.25) is 0 Å². The van der Waals surface area contributed by atoms with Gasteiger partial charge in [-0.2, -0.15) is 0 Å². The molecule has 4 rings (SSSR count). The first-order valence-electron chi connectivity index (χ1n) is 8.79. The summed E-state index contributed by atoms with van der Waals surface area (Å²) < 4.78 is 21.8. The van der Waals surface area contributed by atoms with Gasteiger partial charge in [-0.1, -0.05) is 11.2 Å². The zero-order chi connectivity index (χ0) is 18.5. The first-order chi connectivity index (χ1) is 13.3. The number of esters is 1. The second-order valence-corrected chi connectivity index (χ2v) is 7.15. The summed E-state index contributed by atoms with van der Waals surface area (Å²) in [6, 6.07) is 12.6. The molecule has 0 saturated carbocycles. The number of thiophene rings is 1. The molecule has 1 aliphatic heterocycles. The van der Waals surface area contributed by atoms with E-state index < -0.39 is 5.97 Å². The number of hydrogen-bond acceptors (Lipinski definition) is 7. The van der Waals surface area contributed by atoms with Crippen LogP contribution in [0, 0.1) is 0 Å². The molecule has 0 bridgehead atoms. The summed E-state index contributed by atoms with van der Waals surface area (Å²) in [6.07, 6.45) is 2.27. The number of hydrogen-bond donors (Lipinski definition) is 0. The lowest BCUT2D eigenvalue weighted by molar-refractivity contribution is 0.0464. The van der Waals surface area contributed by atoms with Crippen LogP contribution in [0.1, 0.15) is 28.9 Å². The minimum atomic E-state index is -0.415. The van der Waals surface area contributed by atoms with Crippen LogP contribution in [-0.2, 0) is 16.1 Å². The van der Waals surface area contributed by atoms with E-state index in [9.17, 15) is 4.79 Å². The third kappa shape index (κ3) is 4.56. The molecule has 1 saturated heterocycles. The highest BCUT2D eigenvalue weighted by molar-refractivity contribution is 7.13. The summed E-state index contributed by atoms with van der Waals surface area (Å²) in [5.41, 5.74) is 1.03. The van der Waals surface area contributed by atoms with E-state index in [1.807, 2.05) is 17.5 Å². The smallest absolute Gasteiger partial charge is 0.338 e. The molecule has 7 heteroatoms. The van der Waals surface area contributed by atoms with Crippen molar-refractivity contribution in [2.75, 3.05) is 13.2 Å². The first-order valence-corrected chi connectivity index (χ1v) is 9.67. The van der Waals surface area contributed by atoms with Crippen LogP contribution in [0.5, 0.6) is 5.75 Å². The SMILES string of the molecule is O=C(OCc1cc(-c2cccs2)on1)c1ccc(OC[C@H]2CCCO2)cc1. The Morgan fingerprint density at radius 2 is 2.15 bits per heavy atom. The van der Waals surface area contributed by atoms with E-state index in [0.29, 0.717) is 29.4 Å². The molecule has 0 unspecified atom stereocenters. The van der Waals surface area contributed by atoms with Crippen molar-refractivity contribution in [3.8, 4) is 16.4 Å². The average molecular weight is 385 g/mol. The summed E-state index contributed by atoms with van der Waals surface area (Å²) >= 11 is 1.56. The molecule has 6 nitrogen and oxygen atoms in total. The van der Waals surface area contributed by atoms with Gasteiger partial charge < -0.3 is 18.7 Å². The number of rotatable bonds is 7. The molecule has 0 N–H and O–H groups in total. The molecular formula is C20H19NO5S. The maximum Gasteiger partial charge on any atom is 0.338 e. The maximum atomic E-state index is 12.2. The number of aromatic nitrogens is 1. The lowest BCUT2D eigenvalue weighted by Crippen LogP contribution is -2.16. The lowest BCUT2D eigenvalue weighted by Gasteiger charge is -2.11. The van der Waals surface area contributed by atoms with Crippen LogP contribution in [0.25, 0.3) is 10.6 Å². The third-order valence-corrected chi connectivity index (χ3v) is 5.11. The van der Waals surface area contributed by atoms with Crippen molar-refractivity contribution in [1.82, 2.24) is 5.16 Å². The molecular weight excluding hydrogens is 366 g/mol. The van der Waals surface area contributed by atoms with E-state index in [-0.39, 0.29) is 12.7 Å². The van der Waals surface area contributed by atoms with Gasteiger partial charge in [0.25, 0.3) is 0 Å². The van der Waals surface area contributed by atoms with Gasteiger partial charge in [0.05, 0.1) is 16.5 Å². The summed E-state index contributed by atoms with van der Waals surface area (Å²) in [6.45, 7) is 1.40.